The summed E-state index contributed by atoms with van der Waals surface area (Å²) in [6.45, 7) is 6.01. The first-order valence-electron chi connectivity index (χ1n) is 14.4. The molecule has 2 atom stereocenters. The van der Waals surface area contributed by atoms with Gasteiger partial charge in [0.2, 0.25) is 21.8 Å². The van der Waals surface area contributed by atoms with Crippen LogP contribution in [0.25, 0.3) is 0 Å². The van der Waals surface area contributed by atoms with Crippen LogP contribution >= 0.6 is 11.6 Å². The minimum atomic E-state index is -3.65. The standard InChI is InChI=1S/C33H42ClN3O5S/c1-6-25(3)35-33(39)31(21-26-12-8-7-9-13-26)36(23-27-14-10-15-29(20-27)42-4)32(38)16-11-19-37(43(5,40)41)30-22-28(34)18-17-24(30)2/h7-10,12-15,17-18,20,22,25,31H,6,11,16,19,21,23H2,1-5H3,(H,35,39)/t25-,31+/m1/s1. The van der Waals surface area contributed by atoms with Crippen molar-refractivity contribution < 1.29 is 22.7 Å². The Bertz CT molecular complexity index is 1480. The third-order valence-corrected chi connectivity index (χ3v) is 8.77. The number of hydrogen-bond donors (Lipinski definition) is 1. The third-order valence-electron chi connectivity index (χ3n) is 7.35. The van der Waals surface area contributed by atoms with Crippen molar-refractivity contribution >= 4 is 39.1 Å². The van der Waals surface area contributed by atoms with Crippen molar-refractivity contribution in [2.75, 3.05) is 24.2 Å². The number of nitrogens with one attached hydrogen (secondary N) is 1. The largest absolute Gasteiger partial charge is 0.497 e. The number of aryl methyl sites for hydroxylation is 1. The van der Waals surface area contributed by atoms with Gasteiger partial charge in [-0.3, -0.25) is 13.9 Å². The van der Waals surface area contributed by atoms with E-state index in [0.29, 0.717) is 22.9 Å². The highest BCUT2D eigenvalue weighted by atomic mass is 35.5. The molecular weight excluding hydrogens is 586 g/mol. The van der Waals surface area contributed by atoms with Crippen molar-refractivity contribution in [2.45, 2.75) is 65.1 Å². The van der Waals surface area contributed by atoms with Crippen LogP contribution in [0, 0.1) is 6.92 Å². The maximum atomic E-state index is 14.0. The quantitative estimate of drug-likeness (QED) is 0.231. The molecule has 8 nitrogen and oxygen atoms in total. The summed E-state index contributed by atoms with van der Waals surface area (Å²) in [7, 11) is -2.07. The molecular formula is C33H42ClN3O5S. The maximum absolute atomic E-state index is 14.0. The van der Waals surface area contributed by atoms with E-state index in [1.807, 2.05) is 75.4 Å². The summed E-state index contributed by atoms with van der Waals surface area (Å²) in [5.41, 5.74) is 2.97. The molecule has 0 heterocycles. The van der Waals surface area contributed by atoms with Crippen LogP contribution in [0.4, 0.5) is 5.69 Å². The summed E-state index contributed by atoms with van der Waals surface area (Å²) < 4.78 is 32.2. The Kier molecular flexibility index (Phi) is 12.5. The Balaban J connectivity index is 1.93. The fourth-order valence-electron chi connectivity index (χ4n) is 4.80. The predicted molar refractivity (Wildman–Crippen MR) is 173 cm³/mol. The van der Waals surface area contributed by atoms with Crippen LogP contribution in [0.15, 0.2) is 72.8 Å². The summed E-state index contributed by atoms with van der Waals surface area (Å²) in [5, 5.41) is 3.49. The molecule has 10 heteroatoms. The molecule has 0 aliphatic rings. The average Bonchev–Trinajstić information content (AvgIpc) is 2.98. The predicted octanol–water partition coefficient (Wildman–Crippen LogP) is 5.76. The molecule has 3 aromatic carbocycles. The lowest BCUT2D eigenvalue weighted by Crippen LogP contribution is -2.52. The van der Waals surface area contributed by atoms with Crippen LogP contribution in [0.2, 0.25) is 5.02 Å². The number of anilines is 1. The number of benzene rings is 3. The molecule has 232 valence electrons. The molecule has 0 bridgehead atoms. The van der Waals surface area contributed by atoms with E-state index in [1.165, 1.54) is 4.31 Å². The van der Waals surface area contributed by atoms with E-state index < -0.39 is 16.1 Å². The van der Waals surface area contributed by atoms with Gasteiger partial charge in [-0.15, -0.1) is 0 Å². The second kappa shape index (κ2) is 15.8. The van der Waals surface area contributed by atoms with Gasteiger partial charge >= 0.3 is 0 Å². The van der Waals surface area contributed by atoms with Crippen molar-refractivity contribution in [3.05, 3.63) is 94.5 Å². The Labute approximate surface area is 261 Å². The van der Waals surface area contributed by atoms with Crippen LogP contribution < -0.4 is 14.4 Å². The van der Waals surface area contributed by atoms with Crippen LogP contribution in [-0.4, -0.2) is 57.1 Å². The molecule has 0 saturated carbocycles. The molecule has 43 heavy (non-hydrogen) atoms. The summed E-state index contributed by atoms with van der Waals surface area (Å²) in [6.07, 6.45) is 2.50. The molecule has 3 rings (SSSR count). The van der Waals surface area contributed by atoms with Crippen LogP contribution in [-0.2, 0) is 32.6 Å². The number of sulfonamides is 1. The zero-order valence-corrected chi connectivity index (χ0v) is 27.1. The number of amides is 2. The Morgan fingerprint density at radius 2 is 1.70 bits per heavy atom. The molecule has 1 N–H and O–H groups in total. The van der Waals surface area contributed by atoms with Crippen molar-refractivity contribution in [3.63, 3.8) is 0 Å². The zero-order chi connectivity index (χ0) is 31.6. The highest BCUT2D eigenvalue weighted by molar-refractivity contribution is 7.92. The van der Waals surface area contributed by atoms with Gasteiger partial charge in [-0.1, -0.05) is 67.1 Å². The number of methoxy groups -OCH3 is 1. The van der Waals surface area contributed by atoms with Gasteiger partial charge in [0.1, 0.15) is 11.8 Å². The fraction of sp³-hybridized carbons (Fsp3) is 0.394. The van der Waals surface area contributed by atoms with Gasteiger partial charge < -0.3 is 15.0 Å². The Morgan fingerprint density at radius 3 is 2.35 bits per heavy atom. The fourth-order valence-corrected chi connectivity index (χ4v) is 5.98. The molecule has 0 spiro atoms. The van der Waals surface area contributed by atoms with Crippen molar-refractivity contribution in [1.29, 1.82) is 0 Å². The first-order chi connectivity index (χ1) is 20.4. The van der Waals surface area contributed by atoms with Gasteiger partial charge in [-0.25, -0.2) is 8.42 Å². The van der Waals surface area contributed by atoms with E-state index in [4.69, 9.17) is 16.3 Å². The zero-order valence-electron chi connectivity index (χ0n) is 25.5. The number of carbonyl (C=O) groups excluding carboxylic acids is 2. The van der Waals surface area contributed by atoms with E-state index >= 15 is 0 Å². The molecule has 3 aromatic rings. The van der Waals surface area contributed by atoms with Gasteiger partial charge in [0.05, 0.1) is 19.1 Å². The van der Waals surface area contributed by atoms with Crippen LogP contribution in [0.1, 0.15) is 49.8 Å². The number of rotatable bonds is 15. The van der Waals surface area contributed by atoms with Crippen molar-refractivity contribution in [2.24, 2.45) is 0 Å². The average molecular weight is 628 g/mol. The summed E-state index contributed by atoms with van der Waals surface area (Å²) in [6, 6.07) is 21.3. The topological polar surface area (TPSA) is 96.0 Å². The lowest BCUT2D eigenvalue weighted by molar-refractivity contribution is -0.141. The molecule has 0 saturated heterocycles. The molecule has 0 fully saturated rings. The highest BCUT2D eigenvalue weighted by Crippen LogP contribution is 2.27. The maximum Gasteiger partial charge on any atom is 0.243 e. The lowest BCUT2D eigenvalue weighted by Gasteiger charge is -2.33. The van der Waals surface area contributed by atoms with E-state index in [0.717, 1.165) is 29.4 Å². The monoisotopic (exact) mass is 627 g/mol. The van der Waals surface area contributed by atoms with Crippen molar-refractivity contribution in [1.82, 2.24) is 10.2 Å². The Morgan fingerprint density at radius 1 is 1.00 bits per heavy atom. The van der Waals surface area contributed by atoms with Gasteiger partial charge in [-0.2, -0.15) is 0 Å². The lowest BCUT2D eigenvalue weighted by atomic mass is 10.0. The van der Waals surface area contributed by atoms with Crippen LogP contribution in [0.3, 0.4) is 0 Å². The molecule has 0 radical (unpaired) electrons. The third kappa shape index (κ3) is 10.0. The number of halogens is 1. The van der Waals surface area contributed by atoms with E-state index in [9.17, 15) is 18.0 Å². The van der Waals surface area contributed by atoms with Gasteiger partial charge in [0, 0.05) is 37.0 Å². The summed E-state index contributed by atoms with van der Waals surface area (Å²) >= 11 is 6.18. The number of hydrogen-bond acceptors (Lipinski definition) is 5. The molecule has 0 aliphatic carbocycles. The smallest absolute Gasteiger partial charge is 0.243 e. The first kappa shape index (κ1) is 33.9. The molecule has 0 unspecified atom stereocenters. The molecule has 0 aliphatic heterocycles. The normalized spacial score (nSPS) is 12.7. The number of ether oxygens (including phenoxy) is 1. The van der Waals surface area contributed by atoms with E-state index in [-0.39, 0.29) is 43.8 Å². The van der Waals surface area contributed by atoms with Gasteiger partial charge in [0.15, 0.2) is 0 Å². The highest BCUT2D eigenvalue weighted by Gasteiger charge is 2.31. The second-order valence-electron chi connectivity index (χ2n) is 10.8. The van der Waals surface area contributed by atoms with E-state index in [2.05, 4.69) is 5.32 Å². The SMILES string of the molecule is CC[C@@H](C)NC(=O)[C@H](Cc1ccccc1)N(Cc1cccc(OC)c1)C(=O)CCCN(c1cc(Cl)ccc1C)S(C)(=O)=O. The van der Waals surface area contributed by atoms with Crippen molar-refractivity contribution in [3.8, 4) is 5.75 Å². The minimum absolute atomic E-state index is 0.0392. The van der Waals surface area contributed by atoms with Gasteiger partial charge in [-0.05, 0) is 67.6 Å². The molecule has 2 amide bonds. The van der Waals surface area contributed by atoms with E-state index in [1.54, 1.807) is 30.2 Å². The number of nitrogens with zero attached hydrogens (tertiary/aromatic N) is 2. The second-order valence-corrected chi connectivity index (χ2v) is 13.1. The molecule has 0 aromatic heterocycles. The Hall–Kier alpha value is -3.56. The number of carbonyl (C=O) groups is 2. The minimum Gasteiger partial charge on any atom is -0.497 e. The summed E-state index contributed by atoms with van der Waals surface area (Å²) in [5.74, 6) is 0.162. The van der Waals surface area contributed by atoms with Gasteiger partial charge in [0.25, 0.3) is 0 Å². The van der Waals surface area contributed by atoms with Crippen LogP contribution in [0.5, 0.6) is 5.75 Å². The first-order valence-corrected chi connectivity index (χ1v) is 16.7. The summed E-state index contributed by atoms with van der Waals surface area (Å²) in [4.78, 5) is 29.3.